The second-order valence-corrected chi connectivity index (χ2v) is 6.92. The third kappa shape index (κ3) is 3.20. The lowest BCUT2D eigenvalue weighted by Gasteiger charge is -2.17. The number of hydrogen-bond acceptors (Lipinski definition) is 6. The molecule has 0 unspecified atom stereocenters. The fraction of sp³-hybridized carbons (Fsp3) is 0.263. The Balaban J connectivity index is 1.67. The first-order valence-electron chi connectivity index (χ1n) is 8.53. The highest BCUT2D eigenvalue weighted by Gasteiger charge is 2.23. The molecule has 132 valence electrons. The van der Waals surface area contributed by atoms with Crippen LogP contribution in [0.5, 0.6) is 0 Å². The number of fused-ring (bicyclic) bond motifs is 1. The minimum atomic E-state index is 0.392. The monoisotopic (exact) mass is 366 g/mol. The highest BCUT2D eigenvalue weighted by molar-refractivity contribution is 6.29. The maximum absolute atomic E-state index is 5.82. The molecule has 0 fully saturated rings. The summed E-state index contributed by atoms with van der Waals surface area (Å²) in [5, 5.41) is 3.72. The second kappa shape index (κ2) is 6.88. The van der Waals surface area contributed by atoms with E-state index in [-0.39, 0.29) is 0 Å². The van der Waals surface area contributed by atoms with E-state index >= 15 is 0 Å². The summed E-state index contributed by atoms with van der Waals surface area (Å²) >= 11 is 5.82. The van der Waals surface area contributed by atoms with Crippen molar-refractivity contribution < 1.29 is 0 Å². The molecule has 0 amide bonds. The zero-order valence-electron chi connectivity index (χ0n) is 14.6. The summed E-state index contributed by atoms with van der Waals surface area (Å²) in [5.41, 5.74) is 4.08. The van der Waals surface area contributed by atoms with Crippen LogP contribution >= 0.6 is 11.6 Å². The van der Waals surface area contributed by atoms with E-state index in [9.17, 15) is 0 Å². The lowest BCUT2D eigenvalue weighted by atomic mass is 9.97. The topological polar surface area (TPSA) is 66.8 Å². The molecule has 0 saturated heterocycles. The Bertz CT molecular complexity index is 926. The summed E-state index contributed by atoms with van der Waals surface area (Å²) in [6.45, 7) is 5.62. The summed E-state index contributed by atoms with van der Waals surface area (Å²) in [4.78, 5) is 20.0. The van der Waals surface area contributed by atoms with Crippen LogP contribution in [0.3, 0.4) is 0 Å². The van der Waals surface area contributed by atoms with Crippen molar-refractivity contribution in [2.75, 3.05) is 16.9 Å². The van der Waals surface area contributed by atoms with Gasteiger partial charge in [-0.2, -0.15) is 0 Å². The SMILES string of the molecule is CC(C)c1ccccc1-c1ncc2c(n1)N(Cc1cnc(Cl)cn1)CN2. The molecule has 6 nitrogen and oxygen atoms in total. The van der Waals surface area contributed by atoms with Crippen molar-refractivity contribution in [3.63, 3.8) is 0 Å². The summed E-state index contributed by atoms with van der Waals surface area (Å²) in [6.07, 6.45) is 5.10. The molecule has 26 heavy (non-hydrogen) atoms. The maximum Gasteiger partial charge on any atom is 0.161 e. The van der Waals surface area contributed by atoms with Gasteiger partial charge < -0.3 is 10.2 Å². The second-order valence-electron chi connectivity index (χ2n) is 6.54. The Morgan fingerprint density at radius 3 is 2.73 bits per heavy atom. The largest absolute Gasteiger partial charge is 0.363 e. The van der Waals surface area contributed by atoms with Crippen molar-refractivity contribution in [3.05, 3.63) is 59.3 Å². The van der Waals surface area contributed by atoms with Gasteiger partial charge in [0.05, 0.1) is 43.2 Å². The van der Waals surface area contributed by atoms with Gasteiger partial charge in [0, 0.05) is 5.56 Å². The highest BCUT2D eigenvalue weighted by atomic mass is 35.5. The summed E-state index contributed by atoms with van der Waals surface area (Å²) in [7, 11) is 0. The van der Waals surface area contributed by atoms with E-state index in [2.05, 4.69) is 57.2 Å². The first kappa shape index (κ1) is 16.7. The quantitative estimate of drug-likeness (QED) is 0.749. The number of benzene rings is 1. The van der Waals surface area contributed by atoms with Crippen molar-refractivity contribution in [3.8, 4) is 11.4 Å². The number of anilines is 2. The number of rotatable bonds is 4. The number of nitrogens with zero attached hydrogens (tertiary/aromatic N) is 5. The zero-order chi connectivity index (χ0) is 18.1. The van der Waals surface area contributed by atoms with E-state index in [0.717, 1.165) is 28.6 Å². The first-order valence-corrected chi connectivity index (χ1v) is 8.91. The maximum atomic E-state index is 5.82. The van der Waals surface area contributed by atoms with Gasteiger partial charge in [0.1, 0.15) is 5.15 Å². The van der Waals surface area contributed by atoms with E-state index in [0.29, 0.717) is 24.3 Å². The molecular weight excluding hydrogens is 348 g/mol. The van der Waals surface area contributed by atoms with Crippen LogP contribution in [0.15, 0.2) is 42.9 Å². The van der Waals surface area contributed by atoms with Gasteiger partial charge >= 0.3 is 0 Å². The van der Waals surface area contributed by atoms with Gasteiger partial charge in [0.25, 0.3) is 0 Å². The Morgan fingerprint density at radius 1 is 1.12 bits per heavy atom. The van der Waals surface area contributed by atoms with E-state index < -0.39 is 0 Å². The van der Waals surface area contributed by atoms with Crippen LogP contribution in [-0.2, 0) is 6.54 Å². The third-order valence-corrected chi connectivity index (χ3v) is 4.57. The van der Waals surface area contributed by atoms with E-state index in [4.69, 9.17) is 16.6 Å². The van der Waals surface area contributed by atoms with Crippen LogP contribution in [0.4, 0.5) is 11.5 Å². The molecule has 0 atom stereocenters. The molecule has 0 spiro atoms. The van der Waals surface area contributed by atoms with Gasteiger partial charge in [-0.15, -0.1) is 0 Å². The van der Waals surface area contributed by atoms with Crippen molar-refractivity contribution in [2.24, 2.45) is 0 Å². The summed E-state index contributed by atoms with van der Waals surface area (Å²) < 4.78 is 0. The number of hydrogen-bond donors (Lipinski definition) is 1. The predicted molar refractivity (Wildman–Crippen MR) is 103 cm³/mol. The molecule has 2 aromatic heterocycles. The van der Waals surface area contributed by atoms with Crippen LogP contribution in [0.2, 0.25) is 5.15 Å². The van der Waals surface area contributed by atoms with Crippen molar-refractivity contribution in [1.82, 2.24) is 19.9 Å². The molecule has 0 bridgehead atoms. The van der Waals surface area contributed by atoms with E-state index in [1.165, 1.54) is 5.56 Å². The molecule has 1 aliphatic heterocycles. The van der Waals surface area contributed by atoms with Crippen LogP contribution in [0, 0.1) is 0 Å². The van der Waals surface area contributed by atoms with Gasteiger partial charge in [-0.05, 0) is 11.5 Å². The molecule has 7 heteroatoms. The molecule has 1 N–H and O–H groups in total. The molecule has 0 radical (unpaired) electrons. The Hall–Kier alpha value is -2.73. The average Bonchev–Trinajstić information content (AvgIpc) is 3.05. The summed E-state index contributed by atoms with van der Waals surface area (Å²) in [6, 6.07) is 8.29. The van der Waals surface area contributed by atoms with Crippen LogP contribution in [0.25, 0.3) is 11.4 Å². The lowest BCUT2D eigenvalue weighted by Crippen LogP contribution is -2.23. The molecule has 0 saturated carbocycles. The fourth-order valence-corrected chi connectivity index (χ4v) is 3.17. The fourth-order valence-electron chi connectivity index (χ4n) is 3.07. The molecule has 1 aliphatic rings. The average molecular weight is 367 g/mol. The van der Waals surface area contributed by atoms with Gasteiger partial charge in [0.2, 0.25) is 0 Å². The van der Waals surface area contributed by atoms with Crippen LogP contribution < -0.4 is 10.2 Å². The first-order chi connectivity index (χ1) is 12.6. The number of halogens is 1. The van der Waals surface area contributed by atoms with Crippen LogP contribution in [-0.4, -0.2) is 26.6 Å². The summed E-state index contributed by atoms with van der Waals surface area (Å²) in [5.74, 6) is 2.02. The third-order valence-electron chi connectivity index (χ3n) is 4.38. The normalized spacial score (nSPS) is 13.0. The molecule has 3 heterocycles. The lowest BCUT2D eigenvalue weighted by molar-refractivity contribution is 0.822. The Kier molecular flexibility index (Phi) is 4.42. The van der Waals surface area contributed by atoms with Crippen molar-refractivity contribution in [1.29, 1.82) is 0 Å². The molecule has 1 aromatic carbocycles. The van der Waals surface area contributed by atoms with Gasteiger partial charge in [-0.25, -0.2) is 15.0 Å². The molecular formula is C19H19ClN6. The number of nitrogens with one attached hydrogen (secondary N) is 1. The van der Waals surface area contributed by atoms with Gasteiger partial charge in [-0.1, -0.05) is 49.7 Å². The van der Waals surface area contributed by atoms with Crippen molar-refractivity contribution >= 4 is 23.1 Å². The highest BCUT2D eigenvalue weighted by Crippen LogP contribution is 2.33. The number of aromatic nitrogens is 4. The molecule has 3 aromatic rings. The predicted octanol–water partition coefficient (Wildman–Crippen LogP) is 4.10. The van der Waals surface area contributed by atoms with Gasteiger partial charge in [-0.3, -0.25) is 4.98 Å². The van der Waals surface area contributed by atoms with Crippen LogP contribution in [0.1, 0.15) is 31.0 Å². The van der Waals surface area contributed by atoms with Gasteiger partial charge in [0.15, 0.2) is 11.6 Å². The zero-order valence-corrected chi connectivity index (χ0v) is 15.4. The Morgan fingerprint density at radius 2 is 1.96 bits per heavy atom. The minimum Gasteiger partial charge on any atom is -0.363 e. The minimum absolute atomic E-state index is 0.392. The standard InChI is InChI=1S/C19H19ClN6/c1-12(2)14-5-3-4-6-15(14)18-23-8-16-19(25-18)26(11-24-16)10-13-7-22-17(20)9-21-13/h3-9,12,24H,10-11H2,1-2H3. The van der Waals surface area contributed by atoms with E-state index in [1.807, 2.05) is 12.3 Å². The smallest absolute Gasteiger partial charge is 0.161 e. The van der Waals surface area contributed by atoms with E-state index in [1.54, 1.807) is 12.4 Å². The van der Waals surface area contributed by atoms with Crippen molar-refractivity contribution in [2.45, 2.75) is 26.3 Å². The molecule has 0 aliphatic carbocycles. The Labute approximate surface area is 157 Å². The molecule has 4 rings (SSSR count).